The summed E-state index contributed by atoms with van der Waals surface area (Å²) in [4.78, 5) is 24.4. The van der Waals surface area contributed by atoms with Crippen molar-refractivity contribution in [2.75, 3.05) is 20.8 Å². The molecule has 0 atom stereocenters. The molecule has 0 spiro atoms. The number of carbonyl (C=O) groups is 2. The van der Waals surface area contributed by atoms with E-state index < -0.39 is 17.7 Å². The number of unbranched alkanes of at least 4 members (excludes halogenated alkanes) is 1. The number of carbonyl (C=O) groups excluding carboxylic acids is 2. The number of alkyl carbamates (subject to hydrolysis) is 1. The zero-order chi connectivity index (χ0) is 22.9. The van der Waals surface area contributed by atoms with E-state index in [1.54, 1.807) is 26.8 Å². The molecular formula is C22H33NO7. The average molecular weight is 424 g/mol. The third kappa shape index (κ3) is 7.26. The molecule has 1 aromatic rings. The third-order valence-corrected chi connectivity index (χ3v) is 4.01. The van der Waals surface area contributed by atoms with E-state index in [1.165, 1.54) is 20.3 Å². The number of amides is 1. The molecule has 1 rings (SSSR count). The second kappa shape index (κ2) is 11.4. The lowest BCUT2D eigenvalue weighted by molar-refractivity contribution is -0.136. The Morgan fingerprint density at radius 1 is 1.20 bits per heavy atom. The molecule has 0 saturated heterocycles. The smallest absolute Gasteiger partial charge is 0.412 e. The lowest BCUT2D eigenvalue weighted by Gasteiger charge is -2.21. The molecule has 0 aromatic heterocycles. The summed E-state index contributed by atoms with van der Waals surface area (Å²) in [7, 11) is 2.73. The number of aliphatic hydroxyl groups excluding tert-OH is 1. The second-order valence-corrected chi connectivity index (χ2v) is 7.66. The number of aliphatic hydroxyl groups is 1. The maximum atomic E-state index is 12.2. The molecule has 0 aliphatic rings. The standard InChI is InChI=1S/C22H33NO7/c1-8-9-10-29-19-16(13-24)15(11-14(2)18(19)27-6)12-17(20(25)28-7)23-21(26)30-22(3,4)5/h11-12,24H,8-10,13H2,1-7H3,(H,23,26)/b17-12-. The number of methoxy groups -OCH3 is 2. The average Bonchev–Trinajstić information content (AvgIpc) is 2.65. The van der Waals surface area contributed by atoms with E-state index in [1.807, 2.05) is 13.8 Å². The molecule has 0 aliphatic carbocycles. The SMILES string of the molecule is CCCCOc1c(CO)c(/C=C(\NC(=O)OC(C)(C)C)C(=O)OC)cc(C)c1OC. The van der Waals surface area contributed by atoms with Crippen molar-refractivity contribution in [1.29, 1.82) is 0 Å². The molecule has 0 unspecified atom stereocenters. The highest BCUT2D eigenvalue weighted by atomic mass is 16.6. The minimum atomic E-state index is -0.797. The Bertz CT molecular complexity index is 779. The van der Waals surface area contributed by atoms with Gasteiger partial charge in [-0.3, -0.25) is 5.32 Å². The van der Waals surface area contributed by atoms with E-state index in [2.05, 4.69) is 5.32 Å². The molecule has 8 heteroatoms. The number of aryl methyl sites for hydroxylation is 1. The Morgan fingerprint density at radius 3 is 2.37 bits per heavy atom. The Labute approximate surface area is 178 Å². The van der Waals surface area contributed by atoms with Crippen LogP contribution >= 0.6 is 0 Å². The Kier molecular flexibility index (Phi) is 9.65. The first-order chi connectivity index (χ1) is 14.1. The Hall–Kier alpha value is -2.74. The summed E-state index contributed by atoms with van der Waals surface area (Å²) < 4.78 is 21.3. The van der Waals surface area contributed by atoms with Gasteiger partial charge in [-0.2, -0.15) is 0 Å². The number of esters is 1. The van der Waals surface area contributed by atoms with Crippen LogP contribution in [0.5, 0.6) is 11.5 Å². The number of hydrogen-bond donors (Lipinski definition) is 2. The van der Waals surface area contributed by atoms with Crippen molar-refractivity contribution in [3.63, 3.8) is 0 Å². The number of nitrogens with one attached hydrogen (secondary N) is 1. The van der Waals surface area contributed by atoms with Crippen LogP contribution in [0.15, 0.2) is 11.8 Å². The number of benzene rings is 1. The van der Waals surface area contributed by atoms with Gasteiger partial charge in [0.1, 0.15) is 11.3 Å². The first kappa shape index (κ1) is 25.3. The van der Waals surface area contributed by atoms with Crippen LogP contribution in [0.1, 0.15) is 57.2 Å². The van der Waals surface area contributed by atoms with Crippen molar-refractivity contribution in [1.82, 2.24) is 5.32 Å². The highest BCUT2D eigenvalue weighted by Crippen LogP contribution is 2.38. The van der Waals surface area contributed by atoms with Gasteiger partial charge in [0.05, 0.1) is 27.4 Å². The summed E-state index contributed by atoms with van der Waals surface area (Å²) in [6, 6.07) is 1.73. The molecule has 0 saturated carbocycles. The zero-order valence-corrected chi connectivity index (χ0v) is 18.9. The molecule has 0 heterocycles. The monoisotopic (exact) mass is 423 g/mol. The molecule has 1 aromatic carbocycles. The molecule has 168 valence electrons. The van der Waals surface area contributed by atoms with Crippen LogP contribution in [0.2, 0.25) is 0 Å². The first-order valence-corrected chi connectivity index (χ1v) is 9.82. The predicted molar refractivity (Wildman–Crippen MR) is 113 cm³/mol. The summed E-state index contributed by atoms with van der Waals surface area (Å²) in [5.74, 6) is 0.153. The van der Waals surface area contributed by atoms with Gasteiger partial charge in [-0.1, -0.05) is 13.3 Å². The largest absolute Gasteiger partial charge is 0.493 e. The van der Waals surface area contributed by atoms with Crippen LogP contribution in [-0.2, 0) is 20.9 Å². The highest BCUT2D eigenvalue weighted by Gasteiger charge is 2.22. The van der Waals surface area contributed by atoms with Crippen LogP contribution in [0.3, 0.4) is 0 Å². The van der Waals surface area contributed by atoms with Gasteiger partial charge in [0.15, 0.2) is 11.5 Å². The summed E-state index contributed by atoms with van der Waals surface area (Å²) in [5.41, 5.74) is 0.789. The molecule has 2 N–H and O–H groups in total. The van der Waals surface area contributed by atoms with Crippen molar-refractivity contribution >= 4 is 18.1 Å². The Morgan fingerprint density at radius 2 is 1.87 bits per heavy atom. The minimum absolute atomic E-state index is 0.134. The fraction of sp³-hybridized carbons (Fsp3) is 0.545. The van der Waals surface area contributed by atoms with E-state index in [4.69, 9.17) is 18.9 Å². The van der Waals surface area contributed by atoms with Gasteiger partial charge in [-0.25, -0.2) is 9.59 Å². The van der Waals surface area contributed by atoms with E-state index in [0.717, 1.165) is 18.4 Å². The first-order valence-electron chi connectivity index (χ1n) is 9.82. The van der Waals surface area contributed by atoms with Crippen LogP contribution in [-0.4, -0.2) is 43.6 Å². The normalized spacial score (nSPS) is 11.7. The molecule has 0 aliphatic heterocycles. The molecule has 0 radical (unpaired) electrons. The van der Waals surface area contributed by atoms with Crippen molar-refractivity contribution in [3.8, 4) is 11.5 Å². The number of ether oxygens (including phenoxy) is 4. The van der Waals surface area contributed by atoms with Crippen LogP contribution in [0, 0.1) is 6.92 Å². The van der Waals surface area contributed by atoms with Crippen molar-refractivity contribution in [3.05, 3.63) is 28.5 Å². The Balaban J connectivity index is 3.46. The second-order valence-electron chi connectivity index (χ2n) is 7.66. The van der Waals surface area contributed by atoms with Crippen LogP contribution in [0.4, 0.5) is 4.79 Å². The zero-order valence-electron chi connectivity index (χ0n) is 18.9. The maximum Gasteiger partial charge on any atom is 0.412 e. The van der Waals surface area contributed by atoms with Gasteiger partial charge in [0.2, 0.25) is 0 Å². The van der Waals surface area contributed by atoms with E-state index >= 15 is 0 Å². The number of hydrogen-bond acceptors (Lipinski definition) is 7. The quantitative estimate of drug-likeness (QED) is 0.354. The lowest BCUT2D eigenvalue weighted by atomic mass is 10.0. The van der Waals surface area contributed by atoms with Gasteiger partial charge in [-0.05, 0) is 57.4 Å². The van der Waals surface area contributed by atoms with Gasteiger partial charge >= 0.3 is 12.1 Å². The lowest BCUT2D eigenvalue weighted by Crippen LogP contribution is -2.34. The van der Waals surface area contributed by atoms with Crippen molar-refractivity contribution < 1.29 is 33.6 Å². The molecular weight excluding hydrogens is 390 g/mol. The molecule has 30 heavy (non-hydrogen) atoms. The van der Waals surface area contributed by atoms with E-state index in [0.29, 0.717) is 29.2 Å². The van der Waals surface area contributed by atoms with Crippen LogP contribution in [0.25, 0.3) is 6.08 Å². The maximum absolute atomic E-state index is 12.2. The predicted octanol–water partition coefficient (Wildman–Crippen LogP) is 3.71. The minimum Gasteiger partial charge on any atom is -0.493 e. The fourth-order valence-corrected chi connectivity index (χ4v) is 2.67. The molecule has 0 bridgehead atoms. The summed E-state index contributed by atoms with van der Waals surface area (Å²) in [6.07, 6.45) is 2.40. The summed E-state index contributed by atoms with van der Waals surface area (Å²) >= 11 is 0. The van der Waals surface area contributed by atoms with Gasteiger partial charge in [0, 0.05) is 5.56 Å². The number of rotatable bonds is 9. The van der Waals surface area contributed by atoms with Gasteiger partial charge in [0.25, 0.3) is 0 Å². The van der Waals surface area contributed by atoms with E-state index in [9.17, 15) is 14.7 Å². The third-order valence-electron chi connectivity index (χ3n) is 4.01. The van der Waals surface area contributed by atoms with Gasteiger partial charge < -0.3 is 24.1 Å². The highest BCUT2D eigenvalue weighted by molar-refractivity contribution is 5.97. The van der Waals surface area contributed by atoms with Gasteiger partial charge in [-0.15, -0.1) is 0 Å². The van der Waals surface area contributed by atoms with Crippen molar-refractivity contribution in [2.45, 2.75) is 59.7 Å². The van der Waals surface area contributed by atoms with Crippen LogP contribution < -0.4 is 14.8 Å². The van der Waals surface area contributed by atoms with Crippen molar-refractivity contribution in [2.24, 2.45) is 0 Å². The molecule has 8 nitrogen and oxygen atoms in total. The molecule has 1 amide bonds. The van der Waals surface area contributed by atoms with E-state index in [-0.39, 0.29) is 12.3 Å². The topological polar surface area (TPSA) is 103 Å². The summed E-state index contributed by atoms with van der Waals surface area (Å²) in [6.45, 7) is 9.10. The fourth-order valence-electron chi connectivity index (χ4n) is 2.67. The summed E-state index contributed by atoms with van der Waals surface area (Å²) in [5, 5.41) is 12.4. The molecule has 0 fully saturated rings.